The summed E-state index contributed by atoms with van der Waals surface area (Å²) in [4.78, 5) is 14.8. The fourth-order valence-corrected chi connectivity index (χ4v) is 3.76. The molecule has 1 aromatic rings. The van der Waals surface area contributed by atoms with Gasteiger partial charge in [-0.2, -0.15) is 0 Å². The number of nitrogens with one attached hydrogen (secondary N) is 1. The van der Waals surface area contributed by atoms with Crippen LogP contribution >= 0.6 is 0 Å². The van der Waals surface area contributed by atoms with Crippen molar-refractivity contribution in [3.05, 3.63) is 35.9 Å². The molecule has 0 bridgehead atoms. The van der Waals surface area contributed by atoms with E-state index in [-0.39, 0.29) is 0 Å². The largest absolute Gasteiger partial charge is 0.338 e. The molecule has 0 radical (unpaired) electrons. The van der Waals surface area contributed by atoms with Crippen molar-refractivity contribution in [2.24, 2.45) is 0 Å². The summed E-state index contributed by atoms with van der Waals surface area (Å²) in [5.74, 6) is 0.345. The van der Waals surface area contributed by atoms with Crippen LogP contribution < -0.4 is 5.32 Å². The molecule has 114 valence electrons. The van der Waals surface area contributed by atoms with Crippen molar-refractivity contribution >= 4 is 5.91 Å². The standard InChI is InChI=1S/C18H26N2O/c21-18(12-11-15-7-2-1-3-8-15)20-14-5-4-10-17(20)16-9-6-13-19-16/h1-3,7-8,16-17,19H,4-6,9-14H2. The lowest BCUT2D eigenvalue weighted by atomic mass is 9.94. The third kappa shape index (κ3) is 3.65. The van der Waals surface area contributed by atoms with Gasteiger partial charge in [0.2, 0.25) is 5.91 Å². The van der Waals surface area contributed by atoms with Gasteiger partial charge in [-0.05, 0) is 50.6 Å². The van der Waals surface area contributed by atoms with Crippen molar-refractivity contribution < 1.29 is 4.79 Å². The number of benzene rings is 1. The molecule has 0 aromatic heterocycles. The van der Waals surface area contributed by atoms with Crippen LogP contribution in [0.5, 0.6) is 0 Å². The minimum atomic E-state index is 0.345. The molecule has 2 saturated heterocycles. The van der Waals surface area contributed by atoms with Crippen molar-refractivity contribution in [1.29, 1.82) is 0 Å². The normalized spacial score (nSPS) is 26.0. The molecular formula is C18H26N2O. The first-order valence-corrected chi connectivity index (χ1v) is 8.41. The second-order valence-corrected chi connectivity index (χ2v) is 6.34. The van der Waals surface area contributed by atoms with Gasteiger partial charge in [0, 0.05) is 25.0 Å². The average molecular weight is 286 g/mol. The maximum atomic E-state index is 12.6. The molecule has 2 atom stereocenters. The number of carbonyl (C=O) groups excluding carboxylic acids is 1. The van der Waals surface area contributed by atoms with Gasteiger partial charge in [-0.15, -0.1) is 0 Å². The molecule has 1 amide bonds. The molecule has 2 unspecified atom stereocenters. The van der Waals surface area contributed by atoms with Crippen molar-refractivity contribution in [2.75, 3.05) is 13.1 Å². The number of nitrogens with zero attached hydrogens (tertiary/aromatic N) is 1. The zero-order valence-electron chi connectivity index (χ0n) is 12.8. The summed E-state index contributed by atoms with van der Waals surface area (Å²) in [6.07, 6.45) is 7.61. The summed E-state index contributed by atoms with van der Waals surface area (Å²) in [6, 6.07) is 11.3. The summed E-state index contributed by atoms with van der Waals surface area (Å²) >= 11 is 0. The zero-order chi connectivity index (χ0) is 14.5. The lowest BCUT2D eigenvalue weighted by Crippen LogP contribution is -2.52. The van der Waals surface area contributed by atoms with E-state index >= 15 is 0 Å². The van der Waals surface area contributed by atoms with E-state index in [4.69, 9.17) is 0 Å². The maximum Gasteiger partial charge on any atom is 0.223 e. The fraction of sp³-hybridized carbons (Fsp3) is 0.611. The van der Waals surface area contributed by atoms with Crippen molar-refractivity contribution in [1.82, 2.24) is 10.2 Å². The monoisotopic (exact) mass is 286 g/mol. The van der Waals surface area contributed by atoms with Gasteiger partial charge < -0.3 is 10.2 Å². The van der Waals surface area contributed by atoms with Crippen molar-refractivity contribution in [3.8, 4) is 0 Å². The molecule has 2 heterocycles. The van der Waals surface area contributed by atoms with Crippen LogP contribution in [0.4, 0.5) is 0 Å². The van der Waals surface area contributed by atoms with Crippen LogP contribution in [-0.2, 0) is 11.2 Å². The van der Waals surface area contributed by atoms with E-state index in [1.807, 2.05) is 18.2 Å². The van der Waals surface area contributed by atoms with Crippen LogP contribution in [0.2, 0.25) is 0 Å². The number of aryl methyl sites for hydroxylation is 1. The number of hydrogen-bond acceptors (Lipinski definition) is 2. The van der Waals surface area contributed by atoms with Gasteiger partial charge in [0.05, 0.1) is 0 Å². The van der Waals surface area contributed by atoms with E-state index in [0.717, 1.165) is 19.5 Å². The Morgan fingerprint density at radius 2 is 2.00 bits per heavy atom. The highest BCUT2D eigenvalue weighted by Crippen LogP contribution is 2.25. The fourth-order valence-electron chi connectivity index (χ4n) is 3.76. The quantitative estimate of drug-likeness (QED) is 0.923. The maximum absolute atomic E-state index is 12.6. The highest BCUT2D eigenvalue weighted by molar-refractivity contribution is 5.77. The van der Waals surface area contributed by atoms with E-state index in [1.54, 1.807) is 0 Å². The Labute approximate surface area is 127 Å². The van der Waals surface area contributed by atoms with E-state index in [0.29, 0.717) is 24.4 Å². The summed E-state index contributed by atoms with van der Waals surface area (Å²) in [5, 5.41) is 3.59. The number of carbonyl (C=O) groups is 1. The van der Waals surface area contributed by atoms with Gasteiger partial charge in [0.1, 0.15) is 0 Å². The van der Waals surface area contributed by atoms with Crippen LogP contribution in [0.3, 0.4) is 0 Å². The molecule has 0 saturated carbocycles. The van der Waals surface area contributed by atoms with Crippen LogP contribution in [0.25, 0.3) is 0 Å². The van der Waals surface area contributed by atoms with E-state index in [9.17, 15) is 4.79 Å². The number of piperidine rings is 1. The Hall–Kier alpha value is -1.35. The molecule has 1 aromatic carbocycles. The number of hydrogen-bond donors (Lipinski definition) is 1. The molecule has 3 rings (SSSR count). The second kappa shape index (κ2) is 7.08. The Balaban J connectivity index is 1.58. The Morgan fingerprint density at radius 1 is 1.14 bits per heavy atom. The van der Waals surface area contributed by atoms with Gasteiger partial charge in [-0.1, -0.05) is 30.3 Å². The SMILES string of the molecule is O=C(CCc1ccccc1)N1CCCCC1C1CCCN1. The molecule has 0 spiro atoms. The predicted octanol–water partition coefficient (Wildman–Crippen LogP) is 2.75. The molecule has 0 aliphatic carbocycles. The van der Waals surface area contributed by atoms with Gasteiger partial charge >= 0.3 is 0 Å². The second-order valence-electron chi connectivity index (χ2n) is 6.34. The van der Waals surface area contributed by atoms with Crippen LogP contribution in [0, 0.1) is 0 Å². The minimum absolute atomic E-state index is 0.345. The Morgan fingerprint density at radius 3 is 2.76 bits per heavy atom. The van der Waals surface area contributed by atoms with E-state index in [1.165, 1.54) is 37.7 Å². The highest BCUT2D eigenvalue weighted by Gasteiger charge is 2.33. The Kier molecular flexibility index (Phi) is 4.91. The first-order valence-electron chi connectivity index (χ1n) is 8.41. The number of amides is 1. The number of likely N-dealkylation sites (tertiary alicyclic amines) is 1. The van der Waals surface area contributed by atoms with Gasteiger partial charge in [-0.3, -0.25) is 4.79 Å². The van der Waals surface area contributed by atoms with Crippen LogP contribution in [0.15, 0.2) is 30.3 Å². The van der Waals surface area contributed by atoms with Gasteiger partial charge in [0.15, 0.2) is 0 Å². The highest BCUT2D eigenvalue weighted by atomic mass is 16.2. The molecule has 2 aliphatic rings. The van der Waals surface area contributed by atoms with Crippen LogP contribution in [0.1, 0.15) is 44.1 Å². The molecule has 2 fully saturated rings. The topological polar surface area (TPSA) is 32.3 Å². The molecule has 3 heteroatoms. The van der Waals surface area contributed by atoms with Crippen molar-refractivity contribution in [2.45, 2.75) is 57.0 Å². The lowest BCUT2D eigenvalue weighted by molar-refractivity contribution is -0.135. The Bertz CT molecular complexity index is 454. The third-order valence-corrected chi connectivity index (χ3v) is 4.90. The summed E-state index contributed by atoms with van der Waals surface area (Å²) in [6.45, 7) is 2.07. The van der Waals surface area contributed by atoms with Crippen LogP contribution in [-0.4, -0.2) is 36.0 Å². The third-order valence-electron chi connectivity index (χ3n) is 4.90. The summed E-state index contributed by atoms with van der Waals surface area (Å²) < 4.78 is 0. The molecule has 3 nitrogen and oxygen atoms in total. The summed E-state index contributed by atoms with van der Waals surface area (Å²) in [5.41, 5.74) is 1.26. The summed E-state index contributed by atoms with van der Waals surface area (Å²) in [7, 11) is 0. The molecule has 21 heavy (non-hydrogen) atoms. The van der Waals surface area contributed by atoms with Crippen molar-refractivity contribution in [3.63, 3.8) is 0 Å². The first-order chi connectivity index (χ1) is 10.3. The number of rotatable bonds is 4. The minimum Gasteiger partial charge on any atom is -0.338 e. The average Bonchev–Trinajstić information content (AvgIpc) is 3.08. The smallest absolute Gasteiger partial charge is 0.223 e. The van der Waals surface area contributed by atoms with Gasteiger partial charge in [-0.25, -0.2) is 0 Å². The molecule has 1 N–H and O–H groups in total. The first kappa shape index (κ1) is 14.6. The molecular weight excluding hydrogens is 260 g/mol. The van der Waals surface area contributed by atoms with E-state index < -0.39 is 0 Å². The zero-order valence-corrected chi connectivity index (χ0v) is 12.8. The van der Waals surface area contributed by atoms with Gasteiger partial charge in [0.25, 0.3) is 0 Å². The van der Waals surface area contributed by atoms with E-state index in [2.05, 4.69) is 22.3 Å². The molecule has 2 aliphatic heterocycles. The predicted molar refractivity (Wildman–Crippen MR) is 85.1 cm³/mol. The lowest BCUT2D eigenvalue weighted by Gasteiger charge is -2.39.